The zero-order valence-electron chi connectivity index (χ0n) is 13.4. The molecule has 0 radical (unpaired) electrons. The van der Waals surface area contributed by atoms with Gasteiger partial charge in [0, 0.05) is 6.04 Å². The molecule has 4 heteroatoms. The third-order valence-corrected chi connectivity index (χ3v) is 3.67. The fourth-order valence-corrected chi connectivity index (χ4v) is 2.24. The summed E-state index contributed by atoms with van der Waals surface area (Å²) in [5.41, 5.74) is 8.57. The number of rotatable bonds is 9. The van der Waals surface area contributed by atoms with Crippen molar-refractivity contribution in [2.45, 2.75) is 45.2 Å². The van der Waals surface area contributed by atoms with Gasteiger partial charge >= 0.3 is 5.97 Å². The lowest BCUT2D eigenvalue weighted by molar-refractivity contribution is -0.139. The second kappa shape index (κ2) is 9.05. The molecule has 0 fully saturated rings. The van der Waals surface area contributed by atoms with Crippen LogP contribution in [0.3, 0.4) is 0 Å². The van der Waals surface area contributed by atoms with Crippen LogP contribution in [0.1, 0.15) is 32.3 Å². The highest BCUT2D eigenvalue weighted by molar-refractivity contribution is 5.73. The van der Waals surface area contributed by atoms with Crippen LogP contribution in [-0.2, 0) is 11.2 Å². The van der Waals surface area contributed by atoms with Gasteiger partial charge in [-0.1, -0.05) is 48.1 Å². The fraction of sp³-hybridized carbons (Fsp3) is 0.389. The zero-order valence-corrected chi connectivity index (χ0v) is 13.4. The Labute approximate surface area is 132 Å². The van der Waals surface area contributed by atoms with Crippen molar-refractivity contribution in [3.8, 4) is 0 Å². The molecular weight excluding hydrogens is 276 g/mol. The first-order chi connectivity index (χ1) is 10.4. The molecule has 22 heavy (non-hydrogen) atoms. The van der Waals surface area contributed by atoms with Crippen molar-refractivity contribution in [3.05, 3.63) is 59.8 Å². The number of aryl methyl sites for hydroxylation is 1. The molecule has 2 unspecified atom stereocenters. The Hall–Kier alpha value is -2.07. The minimum Gasteiger partial charge on any atom is -0.480 e. The van der Waals surface area contributed by atoms with E-state index in [0.29, 0.717) is 12.8 Å². The SMILES string of the molecule is C=C(C)C(C/C(C)=C/N)NC(CCc1ccccc1)C(=O)O. The Balaban J connectivity index is 2.68. The smallest absolute Gasteiger partial charge is 0.320 e. The van der Waals surface area contributed by atoms with Crippen molar-refractivity contribution in [2.24, 2.45) is 5.73 Å². The van der Waals surface area contributed by atoms with Gasteiger partial charge in [-0.3, -0.25) is 10.1 Å². The van der Waals surface area contributed by atoms with Gasteiger partial charge in [0.05, 0.1) is 0 Å². The molecule has 4 N–H and O–H groups in total. The highest BCUT2D eigenvalue weighted by atomic mass is 16.4. The van der Waals surface area contributed by atoms with Gasteiger partial charge in [0.2, 0.25) is 0 Å². The van der Waals surface area contributed by atoms with E-state index in [-0.39, 0.29) is 6.04 Å². The molecule has 0 saturated heterocycles. The first kappa shape index (κ1) is 18.0. The van der Waals surface area contributed by atoms with E-state index in [0.717, 1.165) is 23.1 Å². The summed E-state index contributed by atoms with van der Waals surface area (Å²) in [5, 5.41) is 12.6. The average Bonchev–Trinajstić information content (AvgIpc) is 2.50. The predicted octanol–water partition coefficient (Wildman–Crippen LogP) is 2.86. The molecule has 0 amide bonds. The van der Waals surface area contributed by atoms with Gasteiger partial charge in [-0.2, -0.15) is 0 Å². The van der Waals surface area contributed by atoms with Crippen LogP contribution in [0, 0.1) is 0 Å². The Morgan fingerprint density at radius 1 is 1.32 bits per heavy atom. The summed E-state index contributed by atoms with van der Waals surface area (Å²) in [7, 11) is 0. The number of nitrogens with one attached hydrogen (secondary N) is 1. The normalized spacial score (nSPS) is 14.4. The average molecular weight is 302 g/mol. The molecular formula is C18H26N2O2. The molecule has 0 spiro atoms. The van der Waals surface area contributed by atoms with Crippen LogP contribution in [-0.4, -0.2) is 23.2 Å². The molecule has 0 saturated carbocycles. The quantitative estimate of drug-likeness (QED) is 0.613. The molecule has 0 aliphatic carbocycles. The van der Waals surface area contributed by atoms with Crippen LogP contribution in [0.5, 0.6) is 0 Å². The number of hydrogen-bond donors (Lipinski definition) is 3. The van der Waals surface area contributed by atoms with Gasteiger partial charge in [-0.05, 0) is 44.9 Å². The summed E-state index contributed by atoms with van der Waals surface area (Å²) in [5.74, 6) is -0.837. The van der Waals surface area contributed by atoms with Crippen molar-refractivity contribution in [2.75, 3.05) is 0 Å². The summed E-state index contributed by atoms with van der Waals surface area (Å²) in [6.45, 7) is 7.78. The molecule has 0 aromatic heterocycles. The molecule has 1 rings (SSSR count). The monoisotopic (exact) mass is 302 g/mol. The Morgan fingerprint density at radius 2 is 1.95 bits per heavy atom. The van der Waals surface area contributed by atoms with E-state index in [1.54, 1.807) is 6.20 Å². The van der Waals surface area contributed by atoms with Crippen molar-refractivity contribution in [1.82, 2.24) is 5.32 Å². The van der Waals surface area contributed by atoms with Crippen molar-refractivity contribution in [3.63, 3.8) is 0 Å². The number of carboxylic acid groups (broad SMARTS) is 1. The minimum absolute atomic E-state index is 0.0864. The molecule has 0 aliphatic rings. The Bertz CT molecular complexity index is 523. The van der Waals surface area contributed by atoms with Crippen LogP contribution >= 0.6 is 0 Å². The molecule has 2 atom stereocenters. The molecule has 0 aliphatic heterocycles. The highest BCUT2D eigenvalue weighted by Crippen LogP contribution is 2.13. The molecule has 0 heterocycles. The number of aliphatic carboxylic acids is 1. The number of hydrogen-bond acceptors (Lipinski definition) is 3. The fourth-order valence-electron chi connectivity index (χ4n) is 2.24. The Kier molecular flexibility index (Phi) is 7.40. The summed E-state index contributed by atoms with van der Waals surface area (Å²) in [4.78, 5) is 11.5. The first-order valence-electron chi connectivity index (χ1n) is 7.49. The zero-order chi connectivity index (χ0) is 16.5. The molecule has 4 nitrogen and oxygen atoms in total. The maximum absolute atomic E-state index is 11.5. The van der Waals surface area contributed by atoms with Gasteiger partial charge in [0.1, 0.15) is 6.04 Å². The van der Waals surface area contributed by atoms with Gasteiger partial charge in [0.25, 0.3) is 0 Å². The lowest BCUT2D eigenvalue weighted by Crippen LogP contribution is -2.44. The van der Waals surface area contributed by atoms with Crippen LogP contribution in [0.25, 0.3) is 0 Å². The molecule has 120 valence electrons. The van der Waals surface area contributed by atoms with Crippen LogP contribution in [0.15, 0.2) is 54.3 Å². The van der Waals surface area contributed by atoms with E-state index in [1.165, 1.54) is 0 Å². The minimum atomic E-state index is -0.837. The number of nitrogens with two attached hydrogens (primary N) is 1. The van der Waals surface area contributed by atoms with Crippen LogP contribution in [0.2, 0.25) is 0 Å². The lowest BCUT2D eigenvalue weighted by Gasteiger charge is -2.24. The van der Waals surface area contributed by atoms with E-state index in [4.69, 9.17) is 5.73 Å². The van der Waals surface area contributed by atoms with Crippen LogP contribution < -0.4 is 11.1 Å². The molecule has 1 aromatic carbocycles. The third-order valence-electron chi connectivity index (χ3n) is 3.67. The second-order valence-electron chi connectivity index (χ2n) is 5.70. The maximum atomic E-state index is 11.5. The number of benzene rings is 1. The second-order valence-corrected chi connectivity index (χ2v) is 5.70. The summed E-state index contributed by atoms with van der Waals surface area (Å²) >= 11 is 0. The largest absolute Gasteiger partial charge is 0.480 e. The maximum Gasteiger partial charge on any atom is 0.320 e. The van der Waals surface area contributed by atoms with E-state index in [2.05, 4.69) is 11.9 Å². The summed E-state index contributed by atoms with van der Waals surface area (Å²) < 4.78 is 0. The van der Waals surface area contributed by atoms with Crippen molar-refractivity contribution < 1.29 is 9.90 Å². The first-order valence-corrected chi connectivity index (χ1v) is 7.49. The Morgan fingerprint density at radius 3 is 2.45 bits per heavy atom. The van der Waals surface area contributed by atoms with E-state index in [9.17, 15) is 9.90 Å². The van der Waals surface area contributed by atoms with E-state index >= 15 is 0 Å². The predicted molar refractivity (Wildman–Crippen MR) is 90.5 cm³/mol. The lowest BCUT2D eigenvalue weighted by atomic mass is 9.99. The van der Waals surface area contributed by atoms with Gasteiger partial charge < -0.3 is 10.8 Å². The standard InChI is InChI=1S/C18H26N2O2/c1-13(2)17(11-14(3)12-19)20-16(18(21)22)10-9-15-7-5-4-6-8-15/h4-8,12,16-17,20H,1,9-11,19H2,2-3H3,(H,21,22)/b14-12+. The van der Waals surface area contributed by atoms with Gasteiger partial charge in [0.15, 0.2) is 0 Å². The van der Waals surface area contributed by atoms with Crippen molar-refractivity contribution >= 4 is 5.97 Å². The molecule has 0 bridgehead atoms. The number of carbonyl (C=O) groups is 1. The van der Waals surface area contributed by atoms with Gasteiger partial charge in [-0.25, -0.2) is 0 Å². The molecule has 1 aromatic rings. The van der Waals surface area contributed by atoms with E-state index < -0.39 is 12.0 Å². The van der Waals surface area contributed by atoms with Crippen LogP contribution in [0.4, 0.5) is 0 Å². The third kappa shape index (κ3) is 6.14. The topological polar surface area (TPSA) is 75.3 Å². The van der Waals surface area contributed by atoms with Crippen molar-refractivity contribution in [1.29, 1.82) is 0 Å². The van der Waals surface area contributed by atoms with Gasteiger partial charge in [-0.15, -0.1) is 0 Å². The summed E-state index contributed by atoms with van der Waals surface area (Å²) in [6.07, 6.45) is 3.48. The van der Waals surface area contributed by atoms with E-state index in [1.807, 2.05) is 44.2 Å². The number of carboxylic acids is 1. The highest BCUT2D eigenvalue weighted by Gasteiger charge is 2.22. The summed E-state index contributed by atoms with van der Waals surface area (Å²) in [6, 6.07) is 9.21.